The van der Waals surface area contributed by atoms with E-state index in [1.165, 1.54) is 0 Å². The normalized spacial score (nSPS) is 13.0. The zero-order valence-electron chi connectivity index (χ0n) is 15.2. The van der Waals surface area contributed by atoms with Crippen LogP contribution in [-0.4, -0.2) is 29.4 Å². The van der Waals surface area contributed by atoms with Crippen molar-refractivity contribution < 1.29 is 9.53 Å². The van der Waals surface area contributed by atoms with Crippen LogP contribution in [0.15, 0.2) is 30.3 Å². The number of halogens is 1. The summed E-state index contributed by atoms with van der Waals surface area (Å²) in [6, 6.07) is 9.31. The number of nitrogens with two attached hydrogens (primary N) is 1. The minimum Gasteiger partial charge on any atom is -0.383 e. The number of amides is 1. The van der Waals surface area contributed by atoms with Gasteiger partial charge in [0, 0.05) is 13.2 Å². The highest BCUT2D eigenvalue weighted by Crippen LogP contribution is 2.24. The second-order valence-electron chi connectivity index (χ2n) is 5.98. The summed E-state index contributed by atoms with van der Waals surface area (Å²) in [7, 11) is 1.65. The Morgan fingerprint density at radius 3 is 2.56 bits per heavy atom. The van der Waals surface area contributed by atoms with E-state index in [0.29, 0.717) is 13.2 Å². The number of aryl methyl sites for hydroxylation is 1. The second-order valence-corrected chi connectivity index (χ2v) is 5.98. The van der Waals surface area contributed by atoms with E-state index in [1.54, 1.807) is 7.11 Å². The Labute approximate surface area is 155 Å². The van der Waals surface area contributed by atoms with Gasteiger partial charge in [-0.1, -0.05) is 37.3 Å². The topological polar surface area (TPSA) is 82.2 Å². The molecule has 2 rings (SSSR count). The monoisotopic (exact) mass is 366 g/mol. The van der Waals surface area contributed by atoms with Crippen LogP contribution >= 0.6 is 12.4 Å². The molecule has 0 saturated carbocycles. The Morgan fingerprint density at radius 2 is 1.96 bits per heavy atom. The van der Waals surface area contributed by atoms with Crippen molar-refractivity contribution in [2.24, 2.45) is 11.7 Å². The van der Waals surface area contributed by atoms with Crippen molar-refractivity contribution in [3.63, 3.8) is 0 Å². The number of carbonyl (C=O) groups excluding carboxylic acids is 1. The number of ether oxygens (including phenoxy) is 1. The molecule has 0 fully saturated rings. The largest absolute Gasteiger partial charge is 0.383 e. The fourth-order valence-electron chi connectivity index (χ4n) is 2.64. The molecule has 138 valence electrons. The minimum absolute atomic E-state index is 0. The number of carbonyl (C=O) groups is 1. The molecular weight excluding hydrogens is 340 g/mol. The quantitative estimate of drug-likeness (QED) is 0.789. The van der Waals surface area contributed by atoms with Gasteiger partial charge in [-0.15, -0.1) is 12.4 Å². The van der Waals surface area contributed by atoms with E-state index in [1.807, 2.05) is 55.8 Å². The fourth-order valence-corrected chi connectivity index (χ4v) is 2.64. The van der Waals surface area contributed by atoms with Crippen molar-refractivity contribution >= 4 is 24.0 Å². The van der Waals surface area contributed by atoms with Gasteiger partial charge in [-0.2, -0.15) is 5.10 Å². The highest BCUT2D eigenvalue weighted by Gasteiger charge is 2.24. The average Bonchev–Trinajstić information content (AvgIpc) is 2.86. The number of rotatable bonds is 7. The summed E-state index contributed by atoms with van der Waals surface area (Å²) in [4.78, 5) is 12.6. The van der Waals surface area contributed by atoms with Gasteiger partial charge in [-0.25, -0.2) is 0 Å². The van der Waals surface area contributed by atoms with Gasteiger partial charge in [0.2, 0.25) is 5.91 Å². The number of hydrogen-bond acceptors (Lipinski definition) is 4. The summed E-state index contributed by atoms with van der Waals surface area (Å²) in [5.74, 6) is -0.461. The van der Waals surface area contributed by atoms with Crippen LogP contribution in [0.1, 0.15) is 29.9 Å². The van der Waals surface area contributed by atoms with Crippen molar-refractivity contribution in [2.45, 2.75) is 33.4 Å². The molecule has 0 spiro atoms. The second kappa shape index (κ2) is 9.56. The van der Waals surface area contributed by atoms with E-state index >= 15 is 0 Å². The Morgan fingerprint density at radius 1 is 1.32 bits per heavy atom. The van der Waals surface area contributed by atoms with Gasteiger partial charge in [-0.05, 0) is 19.4 Å². The molecule has 0 aliphatic carbocycles. The maximum atomic E-state index is 12.6. The molecule has 0 radical (unpaired) electrons. The third-order valence-corrected chi connectivity index (χ3v) is 4.27. The minimum atomic E-state index is -0.353. The van der Waals surface area contributed by atoms with Gasteiger partial charge >= 0.3 is 0 Å². The molecule has 2 aromatic rings. The number of anilines is 1. The van der Waals surface area contributed by atoms with E-state index in [9.17, 15) is 4.79 Å². The highest BCUT2D eigenvalue weighted by atomic mass is 35.5. The lowest BCUT2D eigenvalue weighted by molar-refractivity contribution is -0.120. The van der Waals surface area contributed by atoms with Crippen LogP contribution in [0, 0.1) is 19.8 Å². The van der Waals surface area contributed by atoms with Crippen molar-refractivity contribution in [1.82, 2.24) is 9.78 Å². The summed E-state index contributed by atoms with van der Waals surface area (Å²) in [6.45, 7) is 6.89. The SMILES string of the molecule is COCCn1nc(C)c(NC(=O)C(C)C(N)c2ccccc2)c1C.Cl. The van der Waals surface area contributed by atoms with E-state index in [0.717, 1.165) is 22.6 Å². The Balaban J connectivity index is 0.00000312. The van der Waals surface area contributed by atoms with Crippen LogP contribution in [0.4, 0.5) is 5.69 Å². The molecule has 2 unspecified atom stereocenters. The van der Waals surface area contributed by atoms with Gasteiger partial charge in [-0.3, -0.25) is 9.48 Å². The standard InChI is InChI=1S/C18H26N4O2.ClH/c1-12(16(19)15-8-6-5-7-9-15)18(23)20-17-13(2)21-22(14(17)3)10-11-24-4;/h5-9,12,16H,10-11,19H2,1-4H3,(H,20,23);1H. The molecule has 1 aromatic heterocycles. The van der Waals surface area contributed by atoms with Gasteiger partial charge in [0.25, 0.3) is 0 Å². The molecule has 1 amide bonds. The van der Waals surface area contributed by atoms with Crippen molar-refractivity contribution in [1.29, 1.82) is 0 Å². The molecule has 6 nitrogen and oxygen atoms in total. The number of nitrogens with zero attached hydrogens (tertiary/aromatic N) is 2. The Hall–Kier alpha value is -1.89. The van der Waals surface area contributed by atoms with Crippen LogP contribution in [0.2, 0.25) is 0 Å². The maximum Gasteiger partial charge on any atom is 0.229 e. The van der Waals surface area contributed by atoms with Crippen molar-refractivity contribution in [3.8, 4) is 0 Å². The zero-order valence-corrected chi connectivity index (χ0v) is 16.0. The first-order valence-electron chi connectivity index (χ1n) is 8.10. The first kappa shape index (κ1) is 21.2. The summed E-state index contributed by atoms with van der Waals surface area (Å²) >= 11 is 0. The van der Waals surface area contributed by atoms with E-state index in [-0.39, 0.29) is 30.3 Å². The zero-order chi connectivity index (χ0) is 17.7. The number of hydrogen-bond donors (Lipinski definition) is 2. The Bertz CT molecular complexity index is 688. The predicted molar refractivity (Wildman–Crippen MR) is 102 cm³/mol. The first-order chi connectivity index (χ1) is 11.5. The van der Waals surface area contributed by atoms with Crippen LogP contribution in [0.5, 0.6) is 0 Å². The molecular formula is C18H27ClN4O2. The smallest absolute Gasteiger partial charge is 0.229 e. The molecule has 0 bridgehead atoms. The van der Waals surface area contributed by atoms with E-state index in [4.69, 9.17) is 10.5 Å². The number of nitrogens with one attached hydrogen (secondary N) is 1. The number of aromatic nitrogens is 2. The molecule has 2 atom stereocenters. The van der Waals surface area contributed by atoms with E-state index < -0.39 is 0 Å². The third kappa shape index (κ3) is 5.04. The molecule has 1 heterocycles. The Kier molecular flexibility index (Phi) is 8.09. The lowest BCUT2D eigenvalue weighted by Crippen LogP contribution is -2.30. The molecule has 7 heteroatoms. The van der Waals surface area contributed by atoms with Crippen LogP contribution in [0.25, 0.3) is 0 Å². The summed E-state index contributed by atoms with van der Waals surface area (Å²) in [6.07, 6.45) is 0. The lowest BCUT2D eigenvalue weighted by Gasteiger charge is -2.20. The molecule has 25 heavy (non-hydrogen) atoms. The molecule has 0 saturated heterocycles. The molecule has 3 N–H and O–H groups in total. The molecule has 1 aromatic carbocycles. The number of methoxy groups -OCH3 is 1. The average molecular weight is 367 g/mol. The van der Waals surface area contributed by atoms with Crippen molar-refractivity contribution in [3.05, 3.63) is 47.3 Å². The summed E-state index contributed by atoms with van der Waals surface area (Å²) in [5, 5.41) is 7.44. The fraction of sp³-hybridized carbons (Fsp3) is 0.444. The van der Waals surface area contributed by atoms with E-state index in [2.05, 4.69) is 10.4 Å². The van der Waals surface area contributed by atoms with Gasteiger partial charge in [0.15, 0.2) is 0 Å². The summed E-state index contributed by atoms with van der Waals surface area (Å²) < 4.78 is 6.93. The van der Waals surface area contributed by atoms with Gasteiger partial charge in [0.05, 0.1) is 36.1 Å². The third-order valence-electron chi connectivity index (χ3n) is 4.27. The lowest BCUT2D eigenvalue weighted by atomic mass is 9.94. The number of benzene rings is 1. The van der Waals surface area contributed by atoms with Gasteiger partial charge < -0.3 is 15.8 Å². The maximum absolute atomic E-state index is 12.6. The van der Waals surface area contributed by atoms with Gasteiger partial charge in [0.1, 0.15) is 0 Å². The first-order valence-corrected chi connectivity index (χ1v) is 8.10. The predicted octanol–water partition coefficient (Wildman–Crippen LogP) is 2.84. The molecule has 0 aliphatic rings. The van der Waals surface area contributed by atoms with Crippen LogP contribution in [-0.2, 0) is 16.1 Å². The van der Waals surface area contributed by atoms with Crippen molar-refractivity contribution in [2.75, 3.05) is 19.0 Å². The highest BCUT2D eigenvalue weighted by molar-refractivity contribution is 5.94. The summed E-state index contributed by atoms with van der Waals surface area (Å²) in [5.41, 5.74) is 9.65. The van der Waals surface area contributed by atoms with Crippen LogP contribution < -0.4 is 11.1 Å². The van der Waals surface area contributed by atoms with Crippen LogP contribution in [0.3, 0.4) is 0 Å². The molecule has 0 aliphatic heterocycles.